The van der Waals surface area contributed by atoms with Crippen molar-refractivity contribution in [3.8, 4) is 11.1 Å². The molecule has 3 aromatic carbocycles. The summed E-state index contributed by atoms with van der Waals surface area (Å²) in [6.07, 6.45) is -5.39. The van der Waals surface area contributed by atoms with Crippen molar-refractivity contribution in [2.75, 3.05) is 26.0 Å². The molecule has 254 valence electrons. The Hall–Kier alpha value is -3.96. The number of amides is 1. The van der Waals surface area contributed by atoms with Crippen molar-refractivity contribution in [3.05, 3.63) is 116 Å². The quantitative estimate of drug-likeness (QED) is 0.0821. The SMILES string of the molecule is [2H]c1c([2H])c(-c2c([2H])c([2H])c(C(F)(F)F)c([2H])c2[2H])c([2H])c(C)c1CN(C(=O)C([2H])([2H])n1c(SC([2H])([2H])c2ccc(F)cc2)nc(=O)c2c1CCC2)C([2H])([2H])C([2H])([2H])N(C([2H])([2H])C)C([2H])([2H])C. The van der Waals surface area contributed by atoms with E-state index in [0.29, 0.717) is 18.4 Å². The van der Waals surface area contributed by atoms with E-state index in [1.807, 2.05) is 0 Å². The van der Waals surface area contributed by atoms with Gasteiger partial charge in [0.25, 0.3) is 5.56 Å². The topological polar surface area (TPSA) is 58.4 Å². The highest BCUT2D eigenvalue weighted by Crippen LogP contribution is 2.32. The van der Waals surface area contributed by atoms with Crippen molar-refractivity contribution in [1.29, 1.82) is 0 Å². The molecule has 1 aliphatic carbocycles. The van der Waals surface area contributed by atoms with Crippen molar-refractivity contribution < 1.29 is 48.4 Å². The van der Waals surface area contributed by atoms with Crippen LogP contribution >= 0.6 is 11.8 Å². The molecule has 5 rings (SSSR count). The van der Waals surface area contributed by atoms with Gasteiger partial charge in [-0.25, -0.2) is 4.39 Å². The number of likely N-dealkylation sites (N-methyl/N-ethyl adjacent to an activating group) is 1. The lowest BCUT2D eigenvalue weighted by Gasteiger charge is -2.28. The predicted molar refractivity (Wildman–Crippen MR) is 181 cm³/mol. The largest absolute Gasteiger partial charge is 0.416 e. The maximum absolute atomic E-state index is 15.2. The highest BCUT2D eigenvalue weighted by molar-refractivity contribution is 7.98. The summed E-state index contributed by atoms with van der Waals surface area (Å²) in [7, 11) is 0. The first-order chi connectivity index (χ1) is 30.3. The second-order valence-corrected chi connectivity index (χ2v) is 10.9. The number of halogens is 4. The molecule has 48 heavy (non-hydrogen) atoms. The van der Waals surface area contributed by atoms with Crippen LogP contribution in [0, 0.1) is 12.7 Å². The van der Waals surface area contributed by atoms with Gasteiger partial charge >= 0.3 is 6.18 Å². The number of hydrogen-bond acceptors (Lipinski definition) is 5. The number of carbonyl (C=O) groups excluding carboxylic acids is 1. The van der Waals surface area contributed by atoms with Gasteiger partial charge in [-0.15, -0.1) is 0 Å². The van der Waals surface area contributed by atoms with Crippen LogP contribution in [0.15, 0.2) is 76.5 Å². The predicted octanol–water partition coefficient (Wildman–Crippen LogP) is 7.53. The van der Waals surface area contributed by atoms with Crippen molar-refractivity contribution in [3.63, 3.8) is 0 Å². The summed E-state index contributed by atoms with van der Waals surface area (Å²) in [6, 6.07) is -5.32. The van der Waals surface area contributed by atoms with E-state index in [1.54, 1.807) is 0 Å². The van der Waals surface area contributed by atoms with Gasteiger partial charge < -0.3 is 14.4 Å². The van der Waals surface area contributed by atoms with Crippen LogP contribution in [0.2, 0.25) is 0 Å². The molecule has 0 saturated carbocycles. The second kappa shape index (κ2) is 15.5. The average Bonchev–Trinajstić information content (AvgIpc) is 3.66. The summed E-state index contributed by atoms with van der Waals surface area (Å²) in [4.78, 5) is 31.9. The molecule has 0 saturated heterocycles. The Labute approximate surface area is 309 Å². The maximum Gasteiger partial charge on any atom is 0.416 e. The van der Waals surface area contributed by atoms with Crippen LogP contribution in [0.5, 0.6) is 0 Å². The van der Waals surface area contributed by atoms with Crippen molar-refractivity contribution in [2.24, 2.45) is 0 Å². The van der Waals surface area contributed by atoms with Gasteiger partial charge in [0.2, 0.25) is 5.91 Å². The van der Waals surface area contributed by atoms with E-state index < -0.39 is 143 Å². The number of carbonyl (C=O) groups is 1. The Bertz CT molecular complexity index is 2640. The number of benzene rings is 3. The lowest BCUT2D eigenvalue weighted by atomic mass is 9.98. The Morgan fingerprint density at radius 2 is 1.71 bits per heavy atom. The summed E-state index contributed by atoms with van der Waals surface area (Å²) in [5.74, 6) is -2.86. The van der Waals surface area contributed by atoms with Gasteiger partial charge in [-0.2, -0.15) is 18.2 Å². The molecule has 1 heterocycles. The van der Waals surface area contributed by atoms with Crippen molar-refractivity contribution in [1.82, 2.24) is 19.4 Å². The highest BCUT2D eigenvalue weighted by atomic mass is 32.2. The fourth-order valence-electron chi connectivity index (χ4n) is 4.53. The Morgan fingerprint density at radius 1 is 1.02 bits per heavy atom. The molecule has 1 aliphatic rings. The molecule has 6 nitrogen and oxygen atoms in total. The van der Waals surface area contributed by atoms with Gasteiger partial charge in [-0.3, -0.25) is 9.59 Å². The molecule has 1 amide bonds. The fraction of sp³-hybridized carbons (Fsp3) is 0.378. The molecule has 0 N–H and O–H groups in total. The molecular weight excluding hydrogens is 640 g/mol. The Morgan fingerprint density at radius 3 is 2.38 bits per heavy atom. The summed E-state index contributed by atoms with van der Waals surface area (Å²) in [6.45, 7) is -17.4. The van der Waals surface area contributed by atoms with Crippen LogP contribution in [0.1, 0.15) is 79.8 Å². The zero-order valence-corrected chi connectivity index (χ0v) is 26.5. The standard InChI is InChI=1S/C37H40F4N4O2S/c1-4-43(5-2)19-20-44(22-29-12-11-28(21-25(29)3)27-13-15-30(16-14-27)37(39,40)41)34(46)23-45-33-8-6-7-32(33)35(47)42-36(45)48-24-26-9-17-31(38)18-10-26/h9-18,21H,4-8,19-20,22-24H2,1-3H3/i4D2,5D2,11D,12D,13D,14D,15D,16D,19D2,20D2,21D,23D2,24D2. The first-order valence-corrected chi connectivity index (χ1v) is 15.1. The molecule has 4 aromatic rings. The number of nitrogens with zero attached hydrogens (tertiary/aromatic N) is 4. The molecule has 0 atom stereocenters. The van der Waals surface area contributed by atoms with Gasteiger partial charge in [0.15, 0.2) is 5.16 Å². The maximum atomic E-state index is 15.2. The number of thioether (sulfide) groups is 1. The zero-order chi connectivity index (χ0) is 51.3. The average molecular weight is 700 g/mol. The monoisotopic (exact) mass is 699 g/mol. The molecular formula is C37H40F4N4O2S. The number of fused-ring (bicyclic) bond motifs is 1. The van der Waals surface area contributed by atoms with Gasteiger partial charge in [-0.1, -0.05) is 68.0 Å². The lowest BCUT2D eigenvalue weighted by molar-refractivity contribution is -0.137. The van der Waals surface area contributed by atoms with Crippen LogP contribution in [-0.4, -0.2) is 51.2 Å². The van der Waals surface area contributed by atoms with E-state index in [9.17, 15) is 27.8 Å². The summed E-state index contributed by atoms with van der Waals surface area (Å²) in [5.41, 5.74) is -9.42. The van der Waals surface area contributed by atoms with Crippen LogP contribution in [0.3, 0.4) is 0 Å². The molecule has 0 bridgehead atoms. The smallest absolute Gasteiger partial charge is 0.336 e. The third kappa shape index (κ3) is 8.54. The lowest BCUT2D eigenvalue weighted by Crippen LogP contribution is -2.40. The van der Waals surface area contributed by atoms with E-state index in [4.69, 9.17) is 20.6 Å². The number of hydrogen-bond donors (Lipinski definition) is 0. The van der Waals surface area contributed by atoms with E-state index in [2.05, 4.69) is 4.98 Å². The zero-order valence-electron chi connectivity index (χ0n) is 44.7. The number of alkyl halides is 3. The van der Waals surface area contributed by atoms with E-state index in [0.717, 1.165) is 31.2 Å². The Balaban J connectivity index is 1.82. The third-order valence-electron chi connectivity index (χ3n) is 6.98. The van der Waals surface area contributed by atoms with Gasteiger partial charge in [0.1, 0.15) is 12.3 Å². The minimum Gasteiger partial charge on any atom is -0.336 e. The van der Waals surface area contributed by atoms with Crippen molar-refractivity contribution in [2.45, 2.75) is 70.1 Å². The molecule has 0 unspecified atom stereocenters. The first-order valence-electron chi connectivity index (χ1n) is 23.8. The number of rotatable bonds is 13. The molecule has 11 heteroatoms. The van der Waals surface area contributed by atoms with Crippen LogP contribution in [0.4, 0.5) is 17.6 Å². The minimum absolute atomic E-state index is 0.0187. The normalized spacial score (nSPS) is 20.4. The van der Waals surface area contributed by atoms with Gasteiger partial charge in [0.05, 0.1) is 20.6 Å². The van der Waals surface area contributed by atoms with Crippen LogP contribution in [-0.2, 0) is 42.6 Å². The Kier molecular flexibility index (Phi) is 5.86. The summed E-state index contributed by atoms with van der Waals surface area (Å²) in [5, 5.41) is -0.821. The van der Waals surface area contributed by atoms with E-state index >= 15 is 4.79 Å². The van der Waals surface area contributed by atoms with Crippen LogP contribution < -0.4 is 5.56 Å². The second-order valence-electron chi connectivity index (χ2n) is 10.1. The first kappa shape index (κ1) is 18.2. The summed E-state index contributed by atoms with van der Waals surface area (Å²) >= 11 is 0.0884. The third-order valence-corrected chi connectivity index (χ3v) is 7.78. The molecule has 0 aliphatic heterocycles. The molecule has 0 radical (unpaired) electrons. The summed E-state index contributed by atoms with van der Waals surface area (Å²) < 4.78 is 221. The van der Waals surface area contributed by atoms with Gasteiger partial charge in [0, 0.05) is 47.5 Å². The molecule has 1 aromatic heterocycles. The van der Waals surface area contributed by atoms with Crippen molar-refractivity contribution >= 4 is 17.7 Å². The number of aromatic nitrogens is 2. The van der Waals surface area contributed by atoms with Gasteiger partial charge in [-0.05, 0) is 91.2 Å². The minimum atomic E-state index is -5.39. The van der Waals surface area contributed by atoms with Crippen LogP contribution in [0.25, 0.3) is 11.1 Å². The highest BCUT2D eigenvalue weighted by Gasteiger charge is 2.30. The fourth-order valence-corrected chi connectivity index (χ4v) is 5.25. The van der Waals surface area contributed by atoms with E-state index in [1.165, 1.54) is 0 Å². The molecule has 0 spiro atoms. The van der Waals surface area contributed by atoms with E-state index in [-0.39, 0.29) is 57.6 Å². The molecule has 0 fully saturated rings.